The van der Waals surface area contributed by atoms with Crippen LogP contribution in [0.2, 0.25) is 0 Å². The molecule has 0 aromatic heterocycles. The van der Waals surface area contributed by atoms with Gasteiger partial charge in [-0.05, 0) is 62.9 Å². The average molecular weight is 382 g/mol. The van der Waals surface area contributed by atoms with E-state index in [9.17, 15) is 9.59 Å². The van der Waals surface area contributed by atoms with Crippen LogP contribution in [0.1, 0.15) is 37.7 Å². The number of carbonyl (C=O) groups excluding carboxylic acids is 1. The molecule has 2 saturated heterocycles. The molecule has 0 aliphatic carbocycles. The summed E-state index contributed by atoms with van der Waals surface area (Å²) in [6.07, 6.45) is 4.75. The number of hydrogen-bond donors (Lipinski definition) is 2. The number of carboxylic acid groups (broad SMARTS) is 1. The Morgan fingerprint density at radius 3 is 2.46 bits per heavy atom. The normalized spacial score (nSPS) is 18.1. The summed E-state index contributed by atoms with van der Waals surface area (Å²) in [4.78, 5) is 27.2. The summed E-state index contributed by atoms with van der Waals surface area (Å²) in [6.45, 7) is 3.54. The van der Waals surface area contributed by atoms with E-state index in [0.29, 0.717) is 12.5 Å². The lowest BCUT2D eigenvalue weighted by molar-refractivity contribution is -0.137. The summed E-state index contributed by atoms with van der Waals surface area (Å²) in [5.41, 5.74) is 2.15. The highest BCUT2D eigenvalue weighted by Crippen LogP contribution is 2.25. The third-order valence-electron chi connectivity index (χ3n) is 5.14. The van der Waals surface area contributed by atoms with Gasteiger partial charge in [0.15, 0.2) is 0 Å². The number of amides is 2. The topological polar surface area (TPSA) is 72.9 Å². The molecule has 0 atom stereocenters. The molecule has 2 amide bonds. The Hall–Kier alpha value is -1.79. The molecule has 144 valence electrons. The Kier molecular flexibility index (Phi) is 7.72. The Labute approximate surface area is 161 Å². The predicted octanol–water partition coefficient (Wildman–Crippen LogP) is 2.90. The number of carbonyl (C=O) groups is 2. The lowest BCUT2D eigenvalue weighted by Crippen LogP contribution is -2.45. The quantitative estimate of drug-likeness (QED) is 0.712. The summed E-state index contributed by atoms with van der Waals surface area (Å²) in [5, 5.41) is 12.0. The molecule has 2 aliphatic rings. The molecule has 26 heavy (non-hydrogen) atoms. The van der Waals surface area contributed by atoms with E-state index in [1.165, 1.54) is 5.56 Å². The molecule has 0 saturated carbocycles. The zero-order valence-electron chi connectivity index (χ0n) is 15.0. The van der Waals surface area contributed by atoms with Crippen molar-refractivity contribution in [2.24, 2.45) is 0 Å². The largest absolute Gasteiger partial charge is 0.481 e. The van der Waals surface area contributed by atoms with Crippen LogP contribution in [-0.2, 0) is 11.2 Å². The minimum Gasteiger partial charge on any atom is -0.481 e. The van der Waals surface area contributed by atoms with E-state index in [1.54, 1.807) is 0 Å². The summed E-state index contributed by atoms with van der Waals surface area (Å²) in [5.74, 6) is -0.735. The van der Waals surface area contributed by atoms with Gasteiger partial charge in [-0.1, -0.05) is 12.1 Å². The molecule has 1 aromatic rings. The summed E-state index contributed by atoms with van der Waals surface area (Å²) >= 11 is 0. The van der Waals surface area contributed by atoms with Gasteiger partial charge in [-0.2, -0.15) is 0 Å². The van der Waals surface area contributed by atoms with Crippen molar-refractivity contribution in [2.45, 2.75) is 44.6 Å². The molecule has 3 rings (SSSR count). The minimum absolute atomic E-state index is 0. The number of aryl methyl sites for hydroxylation is 1. The van der Waals surface area contributed by atoms with Crippen molar-refractivity contribution in [2.75, 3.05) is 31.1 Å². The molecule has 2 aliphatic heterocycles. The van der Waals surface area contributed by atoms with Gasteiger partial charge in [-0.25, -0.2) is 4.79 Å². The fourth-order valence-electron chi connectivity index (χ4n) is 3.70. The van der Waals surface area contributed by atoms with Crippen molar-refractivity contribution in [1.82, 2.24) is 10.2 Å². The number of carboxylic acids is 1. The van der Waals surface area contributed by atoms with Crippen LogP contribution in [0.4, 0.5) is 10.5 Å². The molecule has 0 bridgehead atoms. The zero-order chi connectivity index (χ0) is 17.6. The summed E-state index contributed by atoms with van der Waals surface area (Å²) < 4.78 is 0. The number of hydrogen-bond acceptors (Lipinski definition) is 3. The van der Waals surface area contributed by atoms with Gasteiger partial charge < -0.3 is 15.3 Å². The molecule has 0 radical (unpaired) electrons. The highest BCUT2D eigenvalue weighted by Gasteiger charge is 2.34. The van der Waals surface area contributed by atoms with Gasteiger partial charge in [-0.15, -0.1) is 12.4 Å². The maximum atomic E-state index is 12.7. The number of nitrogens with one attached hydrogen (secondary N) is 1. The highest BCUT2D eigenvalue weighted by molar-refractivity contribution is 5.94. The van der Waals surface area contributed by atoms with Gasteiger partial charge in [-0.3, -0.25) is 9.69 Å². The van der Waals surface area contributed by atoms with E-state index in [-0.39, 0.29) is 24.9 Å². The second-order valence-electron chi connectivity index (χ2n) is 6.88. The SMILES string of the molecule is Cl.O=C(O)CCCCc1ccc(N2CCN(C3CCNCC3)C2=O)cc1. The van der Waals surface area contributed by atoms with E-state index in [4.69, 9.17) is 5.11 Å². The Balaban J connectivity index is 0.00000243. The van der Waals surface area contributed by atoms with Gasteiger partial charge in [0.05, 0.1) is 0 Å². The van der Waals surface area contributed by atoms with Crippen LogP contribution < -0.4 is 10.2 Å². The number of piperidine rings is 1. The van der Waals surface area contributed by atoms with Crippen LogP contribution in [0.15, 0.2) is 24.3 Å². The van der Waals surface area contributed by atoms with E-state index in [2.05, 4.69) is 17.4 Å². The Morgan fingerprint density at radius 2 is 1.81 bits per heavy atom. The number of aliphatic carboxylic acids is 1. The maximum absolute atomic E-state index is 12.7. The van der Waals surface area contributed by atoms with Gasteiger partial charge in [0.25, 0.3) is 0 Å². The molecule has 2 fully saturated rings. The van der Waals surface area contributed by atoms with Gasteiger partial charge in [0.1, 0.15) is 0 Å². The van der Waals surface area contributed by atoms with Gasteiger partial charge in [0.2, 0.25) is 0 Å². The van der Waals surface area contributed by atoms with Crippen LogP contribution in [-0.4, -0.2) is 54.2 Å². The molecule has 0 unspecified atom stereocenters. The molecule has 1 aromatic carbocycles. The first-order valence-corrected chi connectivity index (χ1v) is 9.25. The molecule has 2 heterocycles. The number of anilines is 1. The number of urea groups is 1. The second-order valence-corrected chi connectivity index (χ2v) is 6.88. The molecule has 7 heteroatoms. The van der Waals surface area contributed by atoms with Crippen LogP contribution in [0, 0.1) is 0 Å². The molecular weight excluding hydrogens is 354 g/mol. The molecule has 6 nitrogen and oxygen atoms in total. The van der Waals surface area contributed by atoms with Crippen LogP contribution in [0.25, 0.3) is 0 Å². The van der Waals surface area contributed by atoms with E-state index >= 15 is 0 Å². The third kappa shape index (κ3) is 5.11. The van der Waals surface area contributed by atoms with Crippen molar-refractivity contribution >= 4 is 30.1 Å². The lowest BCUT2D eigenvalue weighted by Gasteiger charge is -2.31. The second kappa shape index (κ2) is 9.78. The standard InChI is InChI=1S/C19H27N3O3.ClH/c23-18(24)4-2-1-3-15-5-7-16(8-6-15)21-13-14-22(19(21)25)17-9-11-20-12-10-17;/h5-8,17,20H,1-4,9-14H2,(H,23,24);1H. The lowest BCUT2D eigenvalue weighted by atomic mass is 10.1. The van der Waals surface area contributed by atoms with E-state index in [0.717, 1.165) is 57.5 Å². The molecular formula is C19H28ClN3O3. The smallest absolute Gasteiger partial charge is 0.324 e. The number of halogens is 1. The minimum atomic E-state index is -0.735. The monoisotopic (exact) mass is 381 g/mol. The molecule has 2 N–H and O–H groups in total. The van der Waals surface area contributed by atoms with Crippen molar-refractivity contribution in [1.29, 1.82) is 0 Å². The predicted molar refractivity (Wildman–Crippen MR) is 104 cm³/mol. The van der Waals surface area contributed by atoms with Crippen LogP contribution in [0.5, 0.6) is 0 Å². The Bertz CT molecular complexity index is 603. The first-order valence-electron chi connectivity index (χ1n) is 9.25. The third-order valence-corrected chi connectivity index (χ3v) is 5.14. The summed E-state index contributed by atoms with van der Waals surface area (Å²) in [7, 11) is 0. The summed E-state index contributed by atoms with van der Waals surface area (Å²) in [6, 6.07) is 8.62. The maximum Gasteiger partial charge on any atom is 0.324 e. The first-order chi connectivity index (χ1) is 12.1. The molecule has 0 spiro atoms. The van der Waals surface area contributed by atoms with Crippen molar-refractivity contribution in [3.63, 3.8) is 0 Å². The van der Waals surface area contributed by atoms with Gasteiger partial charge >= 0.3 is 12.0 Å². The average Bonchev–Trinajstić information content (AvgIpc) is 3.01. The van der Waals surface area contributed by atoms with Crippen molar-refractivity contribution in [3.8, 4) is 0 Å². The zero-order valence-corrected chi connectivity index (χ0v) is 15.8. The fraction of sp³-hybridized carbons (Fsp3) is 0.579. The number of unbranched alkanes of at least 4 members (excludes halogenated alkanes) is 1. The van der Waals surface area contributed by atoms with Crippen LogP contribution >= 0.6 is 12.4 Å². The van der Waals surface area contributed by atoms with Crippen LogP contribution in [0.3, 0.4) is 0 Å². The van der Waals surface area contributed by atoms with E-state index < -0.39 is 5.97 Å². The highest BCUT2D eigenvalue weighted by atomic mass is 35.5. The number of nitrogens with zero attached hydrogens (tertiary/aromatic N) is 2. The number of benzene rings is 1. The van der Waals surface area contributed by atoms with E-state index in [1.807, 2.05) is 21.9 Å². The number of rotatable bonds is 7. The van der Waals surface area contributed by atoms with Crippen molar-refractivity contribution in [3.05, 3.63) is 29.8 Å². The first kappa shape index (κ1) is 20.5. The van der Waals surface area contributed by atoms with Gasteiger partial charge in [0, 0.05) is 31.2 Å². The Morgan fingerprint density at radius 1 is 1.12 bits per heavy atom. The van der Waals surface area contributed by atoms with Crippen molar-refractivity contribution < 1.29 is 14.7 Å². The fourth-order valence-corrected chi connectivity index (χ4v) is 3.70.